The van der Waals surface area contributed by atoms with Crippen LogP contribution in [0.4, 0.5) is 11.4 Å². The summed E-state index contributed by atoms with van der Waals surface area (Å²) in [4.78, 5) is 37.9. The molecule has 1 aliphatic rings. The van der Waals surface area contributed by atoms with Gasteiger partial charge in [-0.15, -0.1) is 11.8 Å². The molecule has 0 radical (unpaired) electrons. The van der Waals surface area contributed by atoms with Gasteiger partial charge in [-0.25, -0.2) is 4.90 Å². The van der Waals surface area contributed by atoms with Crippen LogP contribution in [0.5, 0.6) is 0 Å². The number of hydrogen-bond donors (Lipinski definition) is 1. The second kappa shape index (κ2) is 7.95. The third-order valence-corrected chi connectivity index (χ3v) is 5.26. The van der Waals surface area contributed by atoms with Crippen molar-refractivity contribution in [1.82, 2.24) is 0 Å². The molecule has 0 aliphatic carbocycles. The van der Waals surface area contributed by atoms with Crippen LogP contribution >= 0.6 is 11.8 Å². The Hall–Kier alpha value is -2.97. The van der Waals surface area contributed by atoms with Crippen LogP contribution in [0.2, 0.25) is 0 Å². The smallest absolute Gasteiger partial charge is 0.272 e. The second-order valence-corrected chi connectivity index (χ2v) is 7.48. The molecule has 0 atom stereocenters. The van der Waals surface area contributed by atoms with E-state index in [1.807, 2.05) is 19.9 Å². The number of aliphatic hydroxyl groups excluding tert-OH is 1. The summed E-state index contributed by atoms with van der Waals surface area (Å²) >= 11 is 1.10. The molecule has 2 aromatic rings. The summed E-state index contributed by atoms with van der Waals surface area (Å²) in [5, 5.41) is 20.0. The maximum atomic E-state index is 13.2. The first kappa shape index (κ1) is 19.8. The molecule has 0 aromatic heterocycles. The maximum absolute atomic E-state index is 13.2. The van der Waals surface area contributed by atoms with Gasteiger partial charge < -0.3 is 5.11 Å². The Morgan fingerprint density at radius 1 is 1.04 bits per heavy atom. The van der Waals surface area contributed by atoms with Gasteiger partial charge in [0.25, 0.3) is 17.5 Å². The minimum atomic E-state index is -0.525. The van der Waals surface area contributed by atoms with Crippen molar-refractivity contribution in [3.63, 3.8) is 0 Å². The third-order valence-electron chi connectivity index (χ3n) is 4.21. The predicted octanol–water partition coefficient (Wildman–Crippen LogP) is 3.22. The number of benzene rings is 2. The lowest BCUT2D eigenvalue weighted by atomic mass is 10.1. The zero-order valence-electron chi connectivity index (χ0n) is 15.3. The average molecular weight is 398 g/mol. The number of rotatable bonds is 6. The Bertz CT molecular complexity index is 978. The first-order chi connectivity index (χ1) is 13.3. The van der Waals surface area contributed by atoms with Crippen LogP contribution in [0, 0.1) is 24.0 Å². The van der Waals surface area contributed by atoms with Crippen molar-refractivity contribution in [2.24, 2.45) is 0 Å². The minimum absolute atomic E-state index is 0.100. The van der Waals surface area contributed by atoms with E-state index in [1.165, 1.54) is 24.3 Å². The molecule has 7 nitrogen and oxygen atoms in total. The molecule has 28 heavy (non-hydrogen) atoms. The fraction of sp³-hybridized carbons (Fsp3) is 0.200. The Morgan fingerprint density at radius 2 is 1.64 bits per heavy atom. The van der Waals surface area contributed by atoms with Gasteiger partial charge >= 0.3 is 0 Å². The van der Waals surface area contributed by atoms with Crippen LogP contribution in [0.1, 0.15) is 16.7 Å². The van der Waals surface area contributed by atoms with Crippen LogP contribution in [0.15, 0.2) is 47.4 Å². The van der Waals surface area contributed by atoms with Crippen LogP contribution in [-0.4, -0.2) is 34.2 Å². The number of anilines is 1. The molecule has 1 aliphatic heterocycles. The van der Waals surface area contributed by atoms with Crippen LogP contribution in [-0.2, 0) is 9.59 Å². The third kappa shape index (κ3) is 3.69. The van der Waals surface area contributed by atoms with E-state index in [0.29, 0.717) is 11.3 Å². The number of hydrogen-bond acceptors (Lipinski definition) is 6. The van der Waals surface area contributed by atoms with E-state index >= 15 is 0 Å². The number of aryl methyl sites for hydroxylation is 2. The van der Waals surface area contributed by atoms with E-state index in [9.17, 15) is 19.7 Å². The minimum Gasteiger partial charge on any atom is -0.396 e. The van der Waals surface area contributed by atoms with Crippen molar-refractivity contribution >= 4 is 40.5 Å². The zero-order chi connectivity index (χ0) is 20.4. The molecular formula is C20H18N2O5S. The predicted molar refractivity (Wildman–Crippen MR) is 108 cm³/mol. The van der Waals surface area contributed by atoms with Gasteiger partial charge in [-0.1, -0.05) is 6.07 Å². The lowest BCUT2D eigenvalue weighted by Gasteiger charge is -2.16. The summed E-state index contributed by atoms with van der Waals surface area (Å²) in [6, 6.07) is 11.0. The molecule has 0 saturated heterocycles. The van der Waals surface area contributed by atoms with Crippen LogP contribution in [0.3, 0.4) is 0 Å². The fourth-order valence-corrected chi connectivity index (χ4v) is 3.97. The summed E-state index contributed by atoms with van der Waals surface area (Å²) in [6.45, 7) is 3.62. The number of nitrogens with zero attached hydrogens (tertiary/aromatic N) is 2. The van der Waals surface area contributed by atoms with E-state index in [1.54, 1.807) is 12.1 Å². The zero-order valence-corrected chi connectivity index (χ0v) is 16.2. The maximum Gasteiger partial charge on any atom is 0.272 e. The fourth-order valence-electron chi connectivity index (χ4n) is 3.11. The van der Waals surface area contributed by atoms with Crippen molar-refractivity contribution in [3.05, 3.63) is 74.2 Å². The molecule has 2 amide bonds. The highest BCUT2D eigenvalue weighted by atomic mass is 32.2. The largest absolute Gasteiger partial charge is 0.396 e. The summed E-state index contributed by atoms with van der Waals surface area (Å²) in [5.41, 5.74) is 2.84. The molecular weight excluding hydrogens is 380 g/mol. The standard InChI is InChI=1S/C20H18N2O5S/c1-12-9-13(2)11-16(10-12)21-19(24)17(18(20(21)25)28-8-7-23)14-3-5-15(6-4-14)22(26)27/h3-6,9-11,23H,7-8H2,1-2H3. The molecule has 0 bridgehead atoms. The topological polar surface area (TPSA) is 101 Å². The number of aliphatic hydroxyl groups is 1. The number of imide groups is 1. The SMILES string of the molecule is Cc1cc(C)cc(N2C(=O)C(SCCO)=C(c3ccc([N+](=O)[O-])cc3)C2=O)c1. The van der Waals surface area contributed by atoms with Crippen molar-refractivity contribution in [2.75, 3.05) is 17.3 Å². The van der Waals surface area contributed by atoms with Gasteiger partial charge in [0.2, 0.25) is 0 Å². The highest BCUT2D eigenvalue weighted by Crippen LogP contribution is 2.39. The first-order valence-corrected chi connectivity index (χ1v) is 9.52. The van der Waals surface area contributed by atoms with Gasteiger partial charge in [-0.3, -0.25) is 19.7 Å². The van der Waals surface area contributed by atoms with Crippen LogP contribution < -0.4 is 4.90 Å². The highest BCUT2D eigenvalue weighted by Gasteiger charge is 2.40. The number of nitro benzene ring substituents is 1. The molecule has 1 N–H and O–H groups in total. The van der Waals surface area contributed by atoms with Gasteiger partial charge in [0.1, 0.15) is 0 Å². The molecule has 2 aromatic carbocycles. The first-order valence-electron chi connectivity index (χ1n) is 8.53. The summed E-state index contributed by atoms with van der Waals surface area (Å²) < 4.78 is 0. The molecule has 1 heterocycles. The lowest BCUT2D eigenvalue weighted by molar-refractivity contribution is -0.384. The molecule has 0 saturated carbocycles. The molecule has 144 valence electrons. The molecule has 0 fully saturated rings. The van der Waals surface area contributed by atoms with Crippen molar-refractivity contribution in [3.8, 4) is 0 Å². The number of nitro groups is 1. The summed E-state index contributed by atoms with van der Waals surface area (Å²) in [7, 11) is 0. The average Bonchev–Trinajstić information content (AvgIpc) is 2.89. The van der Waals surface area contributed by atoms with Gasteiger partial charge in [0, 0.05) is 17.9 Å². The van der Waals surface area contributed by atoms with Gasteiger partial charge in [-0.2, -0.15) is 0 Å². The molecule has 8 heteroatoms. The number of carbonyl (C=O) groups excluding carboxylic acids is 2. The number of amides is 2. The Kier molecular flexibility index (Phi) is 5.62. The van der Waals surface area contributed by atoms with Gasteiger partial charge in [-0.05, 0) is 54.8 Å². The molecule has 3 rings (SSSR count). The Labute approximate surface area is 165 Å². The highest BCUT2D eigenvalue weighted by molar-refractivity contribution is 8.04. The van der Waals surface area contributed by atoms with Crippen molar-refractivity contribution < 1.29 is 19.6 Å². The van der Waals surface area contributed by atoms with Crippen LogP contribution in [0.25, 0.3) is 5.57 Å². The monoisotopic (exact) mass is 398 g/mol. The number of carbonyl (C=O) groups is 2. The molecule has 0 unspecified atom stereocenters. The van der Waals surface area contributed by atoms with E-state index < -0.39 is 16.7 Å². The summed E-state index contributed by atoms with van der Waals surface area (Å²) in [6.07, 6.45) is 0. The Morgan fingerprint density at radius 3 is 2.18 bits per heavy atom. The normalized spacial score (nSPS) is 14.2. The van der Waals surface area contributed by atoms with Crippen molar-refractivity contribution in [2.45, 2.75) is 13.8 Å². The second-order valence-electron chi connectivity index (χ2n) is 6.37. The quantitative estimate of drug-likeness (QED) is 0.455. The number of non-ortho nitro benzene ring substituents is 1. The molecule has 0 spiro atoms. The van der Waals surface area contributed by atoms with Crippen molar-refractivity contribution in [1.29, 1.82) is 0 Å². The van der Waals surface area contributed by atoms with E-state index in [-0.39, 0.29) is 28.5 Å². The number of thioether (sulfide) groups is 1. The van der Waals surface area contributed by atoms with E-state index in [4.69, 9.17) is 5.11 Å². The van der Waals surface area contributed by atoms with E-state index in [2.05, 4.69) is 0 Å². The lowest BCUT2D eigenvalue weighted by Crippen LogP contribution is -2.31. The Balaban J connectivity index is 2.08. The summed E-state index contributed by atoms with van der Waals surface area (Å²) in [5.74, 6) is -0.683. The van der Waals surface area contributed by atoms with Gasteiger partial charge in [0.05, 0.1) is 27.7 Å². The van der Waals surface area contributed by atoms with Gasteiger partial charge in [0.15, 0.2) is 0 Å². The van der Waals surface area contributed by atoms with E-state index in [0.717, 1.165) is 27.8 Å².